The number of aliphatic carboxylic acids is 1. The Labute approximate surface area is 162 Å². The van der Waals surface area contributed by atoms with E-state index in [4.69, 9.17) is 5.73 Å². The van der Waals surface area contributed by atoms with E-state index >= 15 is 0 Å². The van der Waals surface area contributed by atoms with Gasteiger partial charge in [0.1, 0.15) is 0 Å². The van der Waals surface area contributed by atoms with E-state index in [1.54, 1.807) is 20.2 Å². The average molecular weight is 419 g/mol. The molecule has 1 fully saturated rings. The average Bonchev–Trinajstić information content (AvgIpc) is 2.75. The smallest absolute Gasteiger partial charge is 0.328 e. The van der Waals surface area contributed by atoms with E-state index in [1.807, 2.05) is 0 Å². The second kappa shape index (κ2) is 7.63. The zero-order valence-corrected chi connectivity index (χ0v) is 16.7. The number of sulfonamides is 1. The minimum atomic E-state index is -3.93. The summed E-state index contributed by atoms with van der Waals surface area (Å²) in [6.07, 6.45) is 0.796. The highest BCUT2D eigenvalue weighted by Crippen LogP contribution is 2.25. The molecule has 0 saturated carbocycles. The molecule has 3 rings (SSSR count). The number of hydrogen-bond acceptors (Lipinski definition) is 5. The van der Waals surface area contributed by atoms with Crippen LogP contribution in [0.1, 0.15) is 12.8 Å². The number of halogens is 1. The molecule has 0 unspecified atom stereocenters. The number of fused-ring (bicyclic) bond motifs is 1. The van der Waals surface area contributed by atoms with Crippen LogP contribution < -0.4 is 11.4 Å². The van der Waals surface area contributed by atoms with Gasteiger partial charge in [0.2, 0.25) is 10.0 Å². The van der Waals surface area contributed by atoms with Crippen molar-refractivity contribution in [3.63, 3.8) is 0 Å². The van der Waals surface area contributed by atoms with E-state index in [0.717, 1.165) is 4.31 Å². The summed E-state index contributed by atoms with van der Waals surface area (Å²) in [7, 11) is -0.743. The molecule has 11 heteroatoms. The Morgan fingerprint density at radius 2 is 1.78 bits per heavy atom. The summed E-state index contributed by atoms with van der Waals surface area (Å²) in [5, 5.41) is 9.31. The first kappa shape index (κ1) is 21.4. The minimum Gasteiger partial charge on any atom is -0.481 e. The van der Waals surface area contributed by atoms with Crippen molar-refractivity contribution in [1.82, 2.24) is 13.4 Å². The van der Waals surface area contributed by atoms with Crippen molar-refractivity contribution in [2.24, 2.45) is 25.7 Å². The lowest BCUT2D eigenvalue weighted by Crippen LogP contribution is -2.41. The third-order valence-corrected chi connectivity index (χ3v) is 6.81. The van der Waals surface area contributed by atoms with Gasteiger partial charge in [-0.1, -0.05) is 0 Å². The Hall–Kier alpha value is -1.88. The van der Waals surface area contributed by atoms with Gasteiger partial charge in [-0.05, 0) is 31.0 Å². The fraction of sp³-hybridized carbons (Fsp3) is 0.500. The Balaban J connectivity index is 0.00000261. The van der Waals surface area contributed by atoms with Crippen LogP contribution in [0.2, 0.25) is 0 Å². The maximum atomic E-state index is 13.1. The monoisotopic (exact) mass is 418 g/mol. The van der Waals surface area contributed by atoms with Crippen LogP contribution in [0.4, 0.5) is 0 Å². The molecule has 1 saturated heterocycles. The number of imidazole rings is 1. The molecule has 1 aromatic heterocycles. The number of nitrogens with zero attached hydrogens (tertiary/aromatic N) is 3. The van der Waals surface area contributed by atoms with Gasteiger partial charge in [-0.2, -0.15) is 4.31 Å². The molecule has 1 aliphatic heterocycles. The molecule has 0 aliphatic carbocycles. The van der Waals surface area contributed by atoms with Crippen LogP contribution in [-0.4, -0.2) is 52.1 Å². The van der Waals surface area contributed by atoms with Gasteiger partial charge in [0.15, 0.2) is 0 Å². The van der Waals surface area contributed by atoms with Crippen LogP contribution in [0.25, 0.3) is 11.0 Å². The van der Waals surface area contributed by atoms with Crippen molar-refractivity contribution in [1.29, 1.82) is 0 Å². The fourth-order valence-electron chi connectivity index (χ4n) is 3.37. The number of nitrogens with two attached hydrogens (primary N) is 1. The Morgan fingerprint density at radius 1 is 1.15 bits per heavy atom. The quantitative estimate of drug-likeness (QED) is 0.728. The number of carbonyl (C=O) groups is 1. The van der Waals surface area contributed by atoms with Crippen LogP contribution in [0, 0.1) is 5.92 Å². The molecule has 1 aromatic carbocycles. The largest absolute Gasteiger partial charge is 0.481 e. The lowest BCUT2D eigenvalue weighted by atomic mass is 10.0. The van der Waals surface area contributed by atoms with Crippen LogP contribution in [-0.2, 0) is 28.9 Å². The summed E-state index contributed by atoms with van der Waals surface area (Å²) in [5.74, 6) is -1.82. The summed E-state index contributed by atoms with van der Waals surface area (Å²) in [6, 6.07) is 4.04. The maximum absolute atomic E-state index is 13.1. The molecule has 3 N–H and O–H groups in total. The van der Waals surface area contributed by atoms with E-state index < -0.39 is 28.0 Å². The van der Waals surface area contributed by atoms with Gasteiger partial charge in [-0.25, -0.2) is 13.2 Å². The second-order valence-corrected chi connectivity index (χ2v) is 8.68. The Morgan fingerprint density at radius 3 is 2.41 bits per heavy atom. The number of benzene rings is 1. The number of hydrogen-bond donors (Lipinski definition) is 2. The third-order valence-electron chi connectivity index (χ3n) is 4.98. The zero-order valence-electron chi connectivity index (χ0n) is 15.0. The van der Waals surface area contributed by atoms with Gasteiger partial charge in [0.05, 0.1) is 21.8 Å². The first-order chi connectivity index (χ1) is 12.1. The Kier molecular flexibility index (Phi) is 6.05. The number of carboxylic acids is 1. The van der Waals surface area contributed by atoms with Crippen molar-refractivity contribution < 1.29 is 18.3 Å². The summed E-state index contributed by atoms with van der Waals surface area (Å²) in [6.45, 7) is -0.0466. The van der Waals surface area contributed by atoms with E-state index in [9.17, 15) is 23.1 Å². The van der Waals surface area contributed by atoms with Crippen LogP contribution in [0.5, 0.6) is 0 Å². The highest BCUT2D eigenvalue weighted by Gasteiger charge is 2.34. The predicted octanol–water partition coefficient (Wildman–Crippen LogP) is 0.111. The standard InChI is InChI=1S/C16H22N4O5S.ClH/c1-18-13-6-5-12(7-14(13)19(2)16(18)23)26(24,25)20-8-10(15(21)22)3-4-11(17)9-20;/h5-7,10-11H,3-4,8-9,17H2,1-2H3,(H,21,22);1H/t10-,11+;/m0./s1. The molecule has 2 atom stereocenters. The number of aromatic nitrogens is 2. The van der Waals surface area contributed by atoms with Crippen LogP contribution >= 0.6 is 12.4 Å². The topological polar surface area (TPSA) is 128 Å². The molecule has 0 bridgehead atoms. The first-order valence-corrected chi connectivity index (χ1v) is 9.71. The highest BCUT2D eigenvalue weighted by atomic mass is 35.5. The summed E-state index contributed by atoms with van der Waals surface area (Å²) < 4.78 is 30.1. The molecule has 2 heterocycles. The predicted molar refractivity (Wildman–Crippen MR) is 103 cm³/mol. The van der Waals surface area contributed by atoms with Gasteiger partial charge < -0.3 is 10.8 Å². The van der Waals surface area contributed by atoms with Crippen molar-refractivity contribution in [2.45, 2.75) is 23.8 Å². The lowest BCUT2D eigenvalue weighted by molar-refractivity contribution is -0.142. The fourth-order valence-corrected chi connectivity index (χ4v) is 4.94. The van der Waals surface area contributed by atoms with Gasteiger partial charge in [0, 0.05) is 33.2 Å². The molecular formula is C16H23ClN4O5S. The van der Waals surface area contributed by atoms with Gasteiger partial charge >= 0.3 is 11.7 Å². The second-order valence-electron chi connectivity index (χ2n) is 6.75. The SMILES string of the molecule is Cl.Cn1c(=O)n(C)c2cc(S(=O)(=O)N3C[C@H](N)CC[C@H](C(=O)O)C3)ccc21. The van der Waals surface area contributed by atoms with E-state index in [2.05, 4.69) is 0 Å². The lowest BCUT2D eigenvalue weighted by Gasteiger charge is -2.23. The molecular weight excluding hydrogens is 396 g/mol. The van der Waals surface area contributed by atoms with Crippen molar-refractivity contribution >= 4 is 39.4 Å². The van der Waals surface area contributed by atoms with E-state index in [-0.39, 0.29) is 36.1 Å². The molecule has 9 nitrogen and oxygen atoms in total. The maximum Gasteiger partial charge on any atom is 0.328 e. The minimum absolute atomic E-state index is 0. The van der Waals surface area contributed by atoms with Crippen molar-refractivity contribution in [3.8, 4) is 0 Å². The summed E-state index contributed by atoms with van der Waals surface area (Å²) in [5.41, 5.74) is 6.81. The van der Waals surface area contributed by atoms with Gasteiger partial charge in [-0.3, -0.25) is 13.9 Å². The Bertz CT molecular complexity index is 1030. The highest BCUT2D eigenvalue weighted by molar-refractivity contribution is 7.89. The van der Waals surface area contributed by atoms with Crippen LogP contribution in [0.15, 0.2) is 27.9 Å². The molecule has 0 amide bonds. The van der Waals surface area contributed by atoms with E-state index in [1.165, 1.54) is 21.3 Å². The molecule has 0 spiro atoms. The molecule has 150 valence electrons. The molecule has 27 heavy (non-hydrogen) atoms. The number of carboxylic acid groups (broad SMARTS) is 1. The van der Waals surface area contributed by atoms with Gasteiger partial charge in [-0.15, -0.1) is 12.4 Å². The number of rotatable bonds is 3. The van der Waals surface area contributed by atoms with Gasteiger partial charge in [0.25, 0.3) is 0 Å². The molecule has 2 aromatic rings. The summed E-state index contributed by atoms with van der Waals surface area (Å²) >= 11 is 0. The normalized spacial score (nSPS) is 21.6. The number of aryl methyl sites for hydroxylation is 2. The third kappa shape index (κ3) is 3.75. The van der Waals surface area contributed by atoms with Crippen molar-refractivity contribution in [2.75, 3.05) is 13.1 Å². The van der Waals surface area contributed by atoms with Crippen molar-refractivity contribution in [3.05, 3.63) is 28.7 Å². The zero-order chi connectivity index (χ0) is 19.2. The summed E-state index contributed by atoms with van der Waals surface area (Å²) in [4.78, 5) is 23.4. The van der Waals surface area contributed by atoms with Crippen LogP contribution in [0.3, 0.4) is 0 Å². The molecule has 1 aliphatic rings. The first-order valence-electron chi connectivity index (χ1n) is 8.27. The molecule has 0 radical (unpaired) electrons. The van der Waals surface area contributed by atoms with E-state index in [0.29, 0.717) is 23.9 Å².